The van der Waals surface area contributed by atoms with E-state index in [4.69, 9.17) is 11.6 Å². The number of amides is 2. The number of carbonyl (C=O) groups is 2. The predicted molar refractivity (Wildman–Crippen MR) is 188 cm³/mol. The van der Waals surface area contributed by atoms with Gasteiger partial charge in [-0.15, -0.1) is 0 Å². The van der Waals surface area contributed by atoms with E-state index in [0.29, 0.717) is 40.3 Å². The zero-order chi connectivity index (χ0) is 34.3. The van der Waals surface area contributed by atoms with Crippen molar-refractivity contribution in [3.8, 4) is 5.69 Å². The zero-order valence-electron chi connectivity index (χ0n) is 26.9. The van der Waals surface area contributed by atoms with Gasteiger partial charge in [-0.1, -0.05) is 85.3 Å². The minimum atomic E-state index is -1.94. The summed E-state index contributed by atoms with van der Waals surface area (Å²) in [4.78, 5) is 43.9. The van der Waals surface area contributed by atoms with Gasteiger partial charge in [-0.25, -0.2) is 0 Å². The van der Waals surface area contributed by atoms with Gasteiger partial charge in [-0.05, 0) is 59.5 Å². The maximum Gasteiger partial charge on any atom is 0.279 e. The van der Waals surface area contributed by atoms with E-state index >= 15 is 0 Å². The number of fused-ring (bicyclic) bond motifs is 3. The molecule has 3 atom stereocenters. The minimum Gasteiger partial charge on any atom is -0.394 e. The van der Waals surface area contributed by atoms with Crippen molar-refractivity contribution in [2.75, 3.05) is 11.5 Å². The summed E-state index contributed by atoms with van der Waals surface area (Å²) in [6.45, 7) is 2.14. The third-order valence-electron chi connectivity index (χ3n) is 9.69. The van der Waals surface area contributed by atoms with E-state index in [1.54, 1.807) is 72.6 Å². The van der Waals surface area contributed by atoms with Crippen molar-refractivity contribution in [3.05, 3.63) is 147 Å². The van der Waals surface area contributed by atoms with Crippen molar-refractivity contribution in [1.82, 2.24) is 14.7 Å². The Hall–Kier alpha value is -5.09. The molecular weight excluding hydrogens is 640 g/mol. The molecule has 0 radical (unpaired) electrons. The van der Waals surface area contributed by atoms with Crippen LogP contribution in [0.1, 0.15) is 35.6 Å². The molecule has 3 heterocycles. The smallest absolute Gasteiger partial charge is 0.279 e. The Balaban J connectivity index is 1.12. The highest BCUT2D eigenvalue weighted by Crippen LogP contribution is 2.46. The number of aromatic nitrogens is 2. The van der Waals surface area contributed by atoms with Crippen molar-refractivity contribution >= 4 is 39.9 Å². The van der Waals surface area contributed by atoms with Crippen molar-refractivity contribution < 1.29 is 19.8 Å². The first kappa shape index (κ1) is 32.5. The highest BCUT2D eigenvalue weighted by atomic mass is 35.5. The topological polar surface area (TPSA) is 116 Å². The molecule has 0 bridgehead atoms. The quantitative estimate of drug-likeness (QED) is 0.216. The van der Waals surface area contributed by atoms with Crippen molar-refractivity contribution in [2.24, 2.45) is 5.92 Å². The molecule has 9 nitrogen and oxygen atoms in total. The molecule has 2 aliphatic heterocycles. The van der Waals surface area contributed by atoms with E-state index in [0.717, 1.165) is 22.1 Å². The normalized spacial score (nSPS) is 19.3. The number of hydrogen-bond acceptors (Lipinski definition) is 6. The van der Waals surface area contributed by atoms with Crippen LogP contribution in [-0.4, -0.2) is 49.4 Å². The number of aliphatic hydroxyl groups is 2. The van der Waals surface area contributed by atoms with Gasteiger partial charge < -0.3 is 20.0 Å². The SMILES string of the molecule is C[C@@H](/C=C/CC(=O)N1Cc2ccccc2C[C@H]1CO)[C@]1(O)C(=O)N(Cc2cccc(-n3ncc4ccccc4c3=O)c2)c2ccc(Cl)cc21. The summed E-state index contributed by atoms with van der Waals surface area (Å²) in [5, 5.41) is 28.2. The Morgan fingerprint density at radius 3 is 2.61 bits per heavy atom. The van der Waals surface area contributed by atoms with Gasteiger partial charge in [0.2, 0.25) is 5.91 Å². The number of nitrogens with zero attached hydrogens (tertiary/aromatic N) is 4. The Morgan fingerprint density at radius 2 is 1.80 bits per heavy atom. The minimum absolute atomic E-state index is 0.0500. The molecule has 248 valence electrons. The highest BCUT2D eigenvalue weighted by molar-refractivity contribution is 6.31. The lowest BCUT2D eigenvalue weighted by atomic mass is 9.83. The van der Waals surface area contributed by atoms with Gasteiger partial charge in [-0.3, -0.25) is 14.4 Å². The van der Waals surface area contributed by atoms with Crippen LogP contribution in [0.4, 0.5) is 5.69 Å². The molecule has 49 heavy (non-hydrogen) atoms. The Bertz CT molecular complexity index is 2180. The maximum atomic E-state index is 14.2. The second kappa shape index (κ2) is 13.1. The average Bonchev–Trinajstić information content (AvgIpc) is 3.33. The van der Waals surface area contributed by atoms with Gasteiger partial charge in [0.25, 0.3) is 11.5 Å². The molecule has 10 heteroatoms. The lowest BCUT2D eigenvalue weighted by Gasteiger charge is -2.36. The largest absolute Gasteiger partial charge is 0.394 e. The second-order valence-electron chi connectivity index (χ2n) is 12.7. The fourth-order valence-corrected chi connectivity index (χ4v) is 7.16. The summed E-state index contributed by atoms with van der Waals surface area (Å²) in [6.07, 6.45) is 5.64. The van der Waals surface area contributed by atoms with Crippen LogP contribution in [-0.2, 0) is 34.7 Å². The van der Waals surface area contributed by atoms with Gasteiger partial charge >= 0.3 is 0 Å². The monoisotopic (exact) mass is 674 g/mol. The fourth-order valence-electron chi connectivity index (χ4n) is 6.99. The molecule has 2 amide bonds. The summed E-state index contributed by atoms with van der Waals surface area (Å²) >= 11 is 6.38. The molecule has 5 aromatic rings. The molecule has 0 aliphatic carbocycles. The fraction of sp³-hybridized carbons (Fsp3) is 0.231. The van der Waals surface area contributed by atoms with Crippen LogP contribution in [0.3, 0.4) is 0 Å². The molecule has 0 saturated heterocycles. The zero-order valence-corrected chi connectivity index (χ0v) is 27.6. The first-order valence-electron chi connectivity index (χ1n) is 16.2. The van der Waals surface area contributed by atoms with Crippen molar-refractivity contribution in [1.29, 1.82) is 0 Å². The lowest BCUT2D eigenvalue weighted by Crippen LogP contribution is -2.46. The molecule has 1 aromatic heterocycles. The molecule has 0 spiro atoms. The summed E-state index contributed by atoms with van der Waals surface area (Å²) in [5.74, 6) is -1.38. The molecule has 2 N–H and O–H groups in total. The Kier molecular flexibility index (Phi) is 8.66. The van der Waals surface area contributed by atoms with Gasteiger partial charge in [-0.2, -0.15) is 9.78 Å². The maximum absolute atomic E-state index is 14.2. The molecule has 0 fully saturated rings. The first-order valence-corrected chi connectivity index (χ1v) is 16.6. The third-order valence-corrected chi connectivity index (χ3v) is 9.92. The molecule has 2 aliphatic rings. The molecular formula is C39H35ClN4O5. The van der Waals surface area contributed by atoms with Crippen LogP contribution in [0.5, 0.6) is 0 Å². The van der Waals surface area contributed by atoms with Crippen LogP contribution < -0.4 is 10.5 Å². The Morgan fingerprint density at radius 1 is 1.02 bits per heavy atom. The second-order valence-corrected chi connectivity index (χ2v) is 13.1. The van der Waals surface area contributed by atoms with E-state index in [-0.39, 0.29) is 37.1 Å². The van der Waals surface area contributed by atoms with Crippen LogP contribution in [0.25, 0.3) is 16.5 Å². The lowest BCUT2D eigenvalue weighted by molar-refractivity contribution is -0.139. The number of anilines is 1. The van der Waals surface area contributed by atoms with Crippen LogP contribution in [0.2, 0.25) is 5.02 Å². The van der Waals surface area contributed by atoms with Crippen molar-refractivity contribution in [3.63, 3.8) is 0 Å². The number of aliphatic hydroxyl groups excluding tert-OH is 1. The predicted octanol–water partition coefficient (Wildman–Crippen LogP) is 5.30. The molecule has 0 saturated carbocycles. The summed E-state index contributed by atoms with van der Waals surface area (Å²) in [6, 6.07) is 27.1. The first-order chi connectivity index (χ1) is 23.7. The van der Waals surface area contributed by atoms with E-state index < -0.39 is 17.4 Å². The van der Waals surface area contributed by atoms with Crippen molar-refractivity contribution in [2.45, 2.75) is 44.5 Å². The highest BCUT2D eigenvalue weighted by Gasteiger charge is 2.52. The van der Waals surface area contributed by atoms with Gasteiger partial charge in [0.05, 0.1) is 42.2 Å². The molecule has 4 aromatic carbocycles. The molecule has 0 unspecified atom stereocenters. The van der Waals surface area contributed by atoms with Crippen LogP contribution >= 0.6 is 11.6 Å². The summed E-state index contributed by atoms with van der Waals surface area (Å²) in [7, 11) is 0. The number of halogens is 1. The average molecular weight is 675 g/mol. The van der Waals surface area contributed by atoms with Gasteiger partial charge in [0.1, 0.15) is 0 Å². The number of hydrogen-bond donors (Lipinski definition) is 2. The summed E-state index contributed by atoms with van der Waals surface area (Å²) < 4.78 is 1.33. The summed E-state index contributed by atoms with van der Waals surface area (Å²) in [5.41, 5.74) is 2.18. The number of rotatable bonds is 8. The number of benzene rings is 4. The van der Waals surface area contributed by atoms with E-state index in [2.05, 4.69) is 5.10 Å². The standard InChI is InChI=1S/C39H35ClN4O5/c1-25(8-6-15-36(46)42-23-29-12-3-2-10-27(29)19-32(42)24-45)39(49)34-20-30(40)16-17-35(34)43(38(39)48)22-26-9-7-13-31(18-26)44-37(47)33-14-5-4-11-28(33)21-41-44/h2-14,16-18,20-21,25,32,45,49H,15,19,22-24H2,1H3/b8-6+/t25-,32-,39+/m0/s1. The Labute approximate surface area is 288 Å². The third kappa shape index (κ3) is 5.84. The van der Waals surface area contributed by atoms with E-state index in [1.807, 2.05) is 48.5 Å². The van der Waals surface area contributed by atoms with Gasteiger partial charge in [0.15, 0.2) is 5.60 Å². The number of carbonyl (C=O) groups excluding carboxylic acids is 2. The van der Waals surface area contributed by atoms with E-state index in [9.17, 15) is 24.6 Å². The molecule has 7 rings (SSSR count). The van der Waals surface area contributed by atoms with Crippen LogP contribution in [0, 0.1) is 5.92 Å². The van der Waals surface area contributed by atoms with Crippen LogP contribution in [0.15, 0.2) is 114 Å². The van der Waals surface area contributed by atoms with Gasteiger partial charge in [0, 0.05) is 34.9 Å². The van der Waals surface area contributed by atoms with E-state index in [1.165, 1.54) is 9.58 Å².